The molecule has 0 saturated carbocycles. The molecule has 0 spiro atoms. The van der Waals surface area contributed by atoms with Crippen molar-refractivity contribution in [3.63, 3.8) is 0 Å². The highest BCUT2D eigenvalue weighted by atomic mass is 16.5. The summed E-state index contributed by atoms with van der Waals surface area (Å²) in [5, 5.41) is 0. The molecule has 4 heteroatoms. The van der Waals surface area contributed by atoms with E-state index in [1.807, 2.05) is 12.1 Å². The Kier molecular flexibility index (Phi) is 5.62. The van der Waals surface area contributed by atoms with Gasteiger partial charge in [0.2, 0.25) is 0 Å². The smallest absolute Gasteiger partial charge is 0.252 e. The van der Waals surface area contributed by atoms with E-state index in [-0.39, 0.29) is 0 Å². The van der Waals surface area contributed by atoms with Gasteiger partial charge in [0, 0.05) is 6.04 Å². The molecule has 1 aliphatic rings. The molecule has 1 aromatic carbocycles. The van der Waals surface area contributed by atoms with Crippen molar-refractivity contribution in [2.75, 3.05) is 19.7 Å². The fourth-order valence-electron chi connectivity index (χ4n) is 3.10. The zero-order chi connectivity index (χ0) is 15.2. The molecule has 1 amide bonds. The molecular weight excluding hydrogens is 264 g/mol. The Balaban J connectivity index is 2.15. The highest BCUT2D eigenvalue weighted by Crippen LogP contribution is 2.27. The van der Waals surface area contributed by atoms with Crippen LogP contribution in [0.2, 0.25) is 0 Å². The van der Waals surface area contributed by atoms with Crippen LogP contribution in [0.15, 0.2) is 18.2 Å². The van der Waals surface area contributed by atoms with E-state index < -0.39 is 5.91 Å². The predicted molar refractivity (Wildman–Crippen MR) is 84.7 cm³/mol. The molecule has 116 valence electrons. The van der Waals surface area contributed by atoms with Crippen LogP contribution >= 0.6 is 0 Å². The van der Waals surface area contributed by atoms with Gasteiger partial charge in [-0.25, -0.2) is 0 Å². The van der Waals surface area contributed by atoms with Gasteiger partial charge in [-0.1, -0.05) is 32.4 Å². The van der Waals surface area contributed by atoms with Gasteiger partial charge in [-0.3, -0.25) is 9.69 Å². The molecule has 0 aliphatic carbocycles. The van der Waals surface area contributed by atoms with Crippen LogP contribution in [0.1, 0.15) is 49.0 Å². The van der Waals surface area contributed by atoms with E-state index in [1.54, 1.807) is 6.07 Å². The van der Waals surface area contributed by atoms with E-state index >= 15 is 0 Å². The van der Waals surface area contributed by atoms with Gasteiger partial charge in [-0.05, 0) is 44.0 Å². The van der Waals surface area contributed by atoms with Crippen LogP contribution in [-0.2, 0) is 6.42 Å². The van der Waals surface area contributed by atoms with Crippen LogP contribution in [0.3, 0.4) is 0 Å². The van der Waals surface area contributed by atoms with Gasteiger partial charge >= 0.3 is 0 Å². The summed E-state index contributed by atoms with van der Waals surface area (Å²) in [5.41, 5.74) is 7.07. The maximum absolute atomic E-state index is 11.6. The normalized spacial score (nSPS) is 18.9. The Labute approximate surface area is 127 Å². The Hall–Kier alpha value is -1.55. The van der Waals surface area contributed by atoms with Crippen molar-refractivity contribution in [1.82, 2.24) is 4.90 Å². The van der Waals surface area contributed by atoms with Crippen molar-refractivity contribution in [3.05, 3.63) is 29.3 Å². The van der Waals surface area contributed by atoms with Crippen LogP contribution in [0.25, 0.3) is 0 Å². The summed E-state index contributed by atoms with van der Waals surface area (Å²) in [5.74, 6) is 0.275. The number of rotatable bonds is 7. The van der Waals surface area contributed by atoms with E-state index in [1.165, 1.54) is 6.42 Å². The van der Waals surface area contributed by atoms with Crippen LogP contribution in [0, 0.1) is 0 Å². The molecule has 1 atom stereocenters. The standard InChI is InChI=1S/C17H26N2O2/c1-3-7-13-8-5-10-15(17(18)20)16(13)21-12-14-9-6-11-19(14)4-2/h5,8,10,14H,3-4,6-7,9,11-12H2,1-2H3,(H2,18,20). The zero-order valence-corrected chi connectivity index (χ0v) is 13.1. The summed E-state index contributed by atoms with van der Waals surface area (Å²) in [6.45, 7) is 7.13. The number of likely N-dealkylation sites (tertiary alicyclic amines) is 1. The largest absolute Gasteiger partial charge is 0.491 e. The molecule has 1 fully saturated rings. The summed E-state index contributed by atoms with van der Waals surface area (Å²) in [7, 11) is 0. The molecule has 0 bridgehead atoms. The molecule has 1 aromatic rings. The lowest BCUT2D eigenvalue weighted by Gasteiger charge is -2.24. The molecule has 1 aliphatic heterocycles. The predicted octanol–water partition coefficient (Wildman–Crippen LogP) is 2.60. The number of hydrogen-bond donors (Lipinski definition) is 1. The fourth-order valence-corrected chi connectivity index (χ4v) is 3.10. The number of primary amides is 1. The third-order valence-corrected chi connectivity index (χ3v) is 4.21. The minimum Gasteiger partial charge on any atom is -0.491 e. The van der Waals surface area contributed by atoms with Crippen molar-refractivity contribution in [2.24, 2.45) is 5.73 Å². The molecular formula is C17H26N2O2. The second kappa shape index (κ2) is 7.46. The third-order valence-electron chi connectivity index (χ3n) is 4.21. The van der Waals surface area contributed by atoms with E-state index in [4.69, 9.17) is 10.5 Å². The van der Waals surface area contributed by atoms with E-state index in [2.05, 4.69) is 18.7 Å². The van der Waals surface area contributed by atoms with Gasteiger partial charge in [0.1, 0.15) is 12.4 Å². The number of para-hydroxylation sites is 1. The van der Waals surface area contributed by atoms with Gasteiger partial charge < -0.3 is 10.5 Å². The van der Waals surface area contributed by atoms with Gasteiger partial charge in [0.25, 0.3) is 5.91 Å². The number of amides is 1. The van der Waals surface area contributed by atoms with Gasteiger partial charge in [-0.15, -0.1) is 0 Å². The lowest BCUT2D eigenvalue weighted by Crippen LogP contribution is -2.34. The van der Waals surface area contributed by atoms with Crippen LogP contribution < -0.4 is 10.5 Å². The number of aryl methyl sites for hydroxylation is 1. The number of carbonyl (C=O) groups excluding carboxylic acids is 1. The second-order valence-electron chi connectivity index (χ2n) is 5.64. The first-order valence-electron chi connectivity index (χ1n) is 7.95. The lowest BCUT2D eigenvalue weighted by molar-refractivity contribution is 0.0993. The van der Waals surface area contributed by atoms with Crippen molar-refractivity contribution in [2.45, 2.75) is 45.6 Å². The molecule has 2 N–H and O–H groups in total. The first kappa shape index (κ1) is 15.8. The number of likely N-dealkylation sites (N-methyl/N-ethyl adjacent to an activating group) is 1. The Morgan fingerprint density at radius 2 is 2.24 bits per heavy atom. The van der Waals surface area contributed by atoms with Crippen molar-refractivity contribution in [1.29, 1.82) is 0 Å². The minimum absolute atomic E-state index is 0.415. The van der Waals surface area contributed by atoms with E-state index in [0.29, 0.717) is 24.0 Å². The average Bonchev–Trinajstić information content (AvgIpc) is 2.93. The zero-order valence-electron chi connectivity index (χ0n) is 13.1. The average molecular weight is 290 g/mol. The molecule has 1 saturated heterocycles. The van der Waals surface area contributed by atoms with Gasteiger partial charge in [-0.2, -0.15) is 0 Å². The molecule has 1 heterocycles. The maximum atomic E-state index is 11.6. The Morgan fingerprint density at radius 1 is 1.43 bits per heavy atom. The SMILES string of the molecule is CCCc1cccc(C(N)=O)c1OCC1CCCN1CC. The Bertz CT molecular complexity index is 488. The number of benzene rings is 1. The molecule has 0 radical (unpaired) electrons. The fraction of sp³-hybridized carbons (Fsp3) is 0.588. The lowest BCUT2D eigenvalue weighted by atomic mass is 10.0. The number of hydrogen-bond acceptors (Lipinski definition) is 3. The number of ether oxygens (including phenoxy) is 1. The van der Waals surface area contributed by atoms with E-state index in [9.17, 15) is 4.79 Å². The molecule has 2 rings (SSSR count). The number of carbonyl (C=O) groups is 1. The summed E-state index contributed by atoms with van der Waals surface area (Å²) in [6, 6.07) is 6.11. The maximum Gasteiger partial charge on any atom is 0.252 e. The van der Waals surface area contributed by atoms with Crippen molar-refractivity contribution in [3.8, 4) is 5.75 Å². The minimum atomic E-state index is -0.415. The molecule has 0 aromatic heterocycles. The third kappa shape index (κ3) is 3.76. The number of nitrogens with two attached hydrogens (primary N) is 1. The van der Waals surface area contributed by atoms with Crippen LogP contribution in [0.5, 0.6) is 5.75 Å². The number of nitrogens with zero attached hydrogens (tertiary/aromatic N) is 1. The first-order valence-corrected chi connectivity index (χ1v) is 7.95. The molecule has 21 heavy (non-hydrogen) atoms. The first-order chi connectivity index (χ1) is 10.2. The summed E-state index contributed by atoms with van der Waals surface area (Å²) >= 11 is 0. The van der Waals surface area contributed by atoms with Gasteiger partial charge in [0.05, 0.1) is 5.56 Å². The van der Waals surface area contributed by atoms with Gasteiger partial charge in [0.15, 0.2) is 0 Å². The topological polar surface area (TPSA) is 55.6 Å². The highest BCUT2D eigenvalue weighted by Gasteiger charge is 2.24. The Morgan fingerprint density at radius 3 is 2.90 bits per heavy atom. The summed E-state index contributed by atoms with van der Waals surface area (Å²) < 4.78 is 6.06. The molecule has 4 nitrogen and oxygen atoms in total. The van der Waals surface area contributed by atoms with Crippen molar-refractivity contribution < 1.29 is 9.53 Å². The monoisotopic (exact) mass is 290 g/mol. The summed E-state index contributed by atoms with van der Waals surface area (Å²) in [6.07, 6.45) is 4.30. The van der Waals surface area contributed by atoms with Crippen LogP contribution in [-0.4, -0.2) is 36.5 Å². The van der Waals surface area contributed by atoms with Crippen LogP contribution in [0.4, 0.5) is 0 Å². The van der Waals surface area contributed by atoms with Crippen molar-refractivity contribution >= 4 is 5.91 Å². The summed E-state index contributed by atoms with van der Waals surface area (Å²) in [4.78, 5) is 14.1. The quantitative estimate of drug-likeness (QED) is 0.840. The molecule has 1 unspecified atom stereocenters. The highest BCUT2D eigenvalue weighted by molar-refractivity contribution is 5.96. The van der Waals surface area contributed by atoms with E-state index in [0.717, 1.165) is 37.9 Å². The second-order valence-corrected chi connectivity index (χ2v) is 5.64.